The Bertz CT molecular complexity index is 530. The van der Waals surface area contributed by atoms with Gasteiger partial charge in [0.15, 0.2) is 10.5 Å². The molecule has 1 aromatic rings. The van der Waals surface area contributed by atoms with Gasteiger partial charge in [-0.25, -0.2) is 4.98 Å². The first-order valence-corrected chi connectivity index (χ1v) is 10.1. The van der Waals surface area contributed by atoms with Gasteiger partial charge in [0.1, 0.15) is 0 Å². The van der Waals surface area contributed by atoms with Crippen LogP contribution in [0.3, 0.4) is 0 Å². The minimum absolute atomic E-state index is 0.0780. The molecule has 0 saturated heterocycles. The minimum Gasteiger partial charge on any atom is -0.324 e. The van der Waals surface area contributed by atoms with Crippen molar-refractivity contribution in [3.8, 4) is 0 Å². The summed E-state index contributed by atoms with van der Waals surface area (Å²) >= 11 is 1.25. The Kier molecular flexibility index (Phi) is 6.68. The van der Waals surface area contributed by atoms with Crippen LogP contribution in [0.5, 0.6) is 0 Å². The third-order valence-corrected chi connectivity index (χ3v) is 7.13. The highest BCUT2D eigenvalue weighted by Gasteiger charge is 2.42. The van der Waals surface area contributed by atoms with Crippen LogP contribution in [0, 0.1) is 0 Å². The standard InChI is InChI=1S/C9H16N2O7P2S/c12-7(11-9-10-5-6-21-9)3-1-2-4-8(19(13,14)15)20(16,17)18/h5-6,8H,1-4H2,(H,10,11,12)(H2,13,14,15)(H2,16,17,18). The molecule has 0 spiro atoms. The maximum Gasteiger partial charge on any atom is 0.340 e. The molecular weight excluding hydrogens is 342 g/mol. The topological polar surface area (TPSA) is 157 Å². The van der Waals surface area contributed by atoms with Crippen LogP contribution in [0.15, 0.2) is 11.6 Å². The van der Waals surface area contributed by atoms with Crippen LogP contribution in [-0.4, -0.2) is 35.9 Å². The van der Waals surface area contributed by atoms with Crippen LogP contribution < -0.4 is 5.32 Å². The molecule has 21 heavy (non-hydrogen) atoms. The average Bonchev–Trinajstić information content (AvgIpc) is 2.77. The van der Waals surface area contributed by atoms with E-state index in [0.717, 1.165) is 0 Å². The van der Waals surface area contributed by atoms with Crippen LogP contribution in [0.25, 0.3) is 0 Å². The number of nitrogens with one attached hydrogen (secondary N) is 1. The van der Waals surface area contributed by atoms with E-state index in [1.165, 1.54) is 17.5 Å². The SMILES string of the molecule is O=C(CCCCC(P(=O)(O)O)P(=O)(O)O)Nc1nccs1. The van der Waals surface area contributed by atoms with E-state index in [-0.39, 0.29) is 31.6 Å². The molecule has 0 unspecified atom stereocenters. The molecule has 0 fully saturated rings. The molecule has 0 saturated carbocycles. The Labute approximate surface area is 124 Å². The molecule has 12 heteroatoms. The molecule has 120 valence electrons. The zero-order valence-electron chi connectivity index (χ0n) is 10.8. The second-order valence-electron chi connectivity index (χ2n) is 4.29. The predicted octanol–water partition coefficient (Wildman–Crippen LogP) is 1.32. The van der Waals surface area contributed by atoms with Gasteiger partial charge in [-0.05, 0) is 12.8 Å². The molecule has 5 N–H and O–H groups in total. The number of thiazole rings is 1. The largest absolute Gasteiger partial charge is 0.340 e. The molecule has 0 aliphatic heterocycles. The molecule has 0 bridgehead atoms. The first-order chi connectivity index (χ1) is 9.60. The summed E-state index contributed by atoms with van der Waals surface area (Å²) in [6, 6.07) is 0. The van der Waals surface area contributed by atoms with E-state index >= 15 is 0 Å². The lowest BCUT2D eigenvalue weighted by Crippen LogP contribution is -2.12. The Morgan fingerprint density at radius 3 is 2.33 bits per heavy atom. The van der Waals surface area contributed by atoms with Gasteiger partial charge >= 0.3 is 15.2 Å². The molecule has 9 nitrogen and oxygen atoms in total. The van der Waals surface area contributed by atoms with Crippen LogP contribution in [0.1, 0.15) is 25.7 Å². The zero-order chi connectivity index (χ0) is 16.1. The van der Waals surface area contributed by atoms with Crippen LogP contribution in [0.4, 0.5) is 5.13 Å². The summed E-state index contributed by atoms with van der Waals surface area (Å²) in [6.07, 6.45) is 1.64. The molecule has 0 aromatic carbocycles. The Balaban J connectivity index is 2.37. The van der Waals surface area contributed by atoms with Gasteiger partial charge in [0.05, 0.1) is 0 Å². The molecule has 1 heterocycles. The van der Waals surface area contributed by atoms with Crippen molar-refractivity contribution in [1.82, 2.24) is 4.98 Å². The fourth-order valence-corrected chi connectivity index (χ4v) is 4.76. The molecule has 0 aliphatic rings. The summed E-state index contributed by atoms with van der Waals surface area (Å²) < 4.78 is 22.1. The van der Waals surface area contributed by atoms with E-state index in [0.29, 0.717) is 5.13 Å². The third-order valence-electron chi connectivity index (χ3n) is 2.57. The Hall–Kier alpha value is -0.600. The highest BCUT2D eigenvalue weighted by Crippen LogP contribution is 2.61. The van der Waals surface area contributed by atoms with Gasteiger partial charge in [0.2, 0.25) is 5.91 Å². The zero-order valence-corrected chi connectivity index (χ0v) is 13.4. The van der Waals surface area contributed by atoms with Crippen molar-refractivity contribution < 1.29 is 33.5 Å². The number of nitrogens with zero attached hydrogens (tertiary/aromatic N) is 1. The number of aromatic nitrogens is 1. The number of anilines is 1. The molecule has 1 aromatic heterocycles. The normalized spacial score (nSPS) is 12.6. The summed E-state index contributed by atoms with van der Waals surface area (Å²) in [4.78, 5) is 51.1. The van der Waals surface area contributed by atoms with E-state index in [1.807, 2.05) is 0 Å². The Morgan fingerprint density at radius 1 is 1.24 bits per heavy atom. The van der Waals surface area contributed by atoms with Gasteiger partial charge in [0.25, 0.3) is 0 Å². The average molecular weight is 358 g/mol. The molecule has 0 aliphatic carbocycles. The molecule has 1 rings (SSSR count). The summed E-state index contributed by atoms with van der Waals surface area (Å²) in [5, 5.41) is 2.67. The second-order valence-corrected chi connectivity index (χ2v) is 9.20. The van der Waals surface area contributed by atoms with Gasteiger partial charge in [-0.3, -0.25) is 13.9 Å². The number of hydrogen-bond donors (Lipinski definition) is 5. The van der Waals surface area contributed by atoms with E-state index in [2.05, 4.69) is 10.3 Å². The fraction of sp³-hybridized carbons (Fsp3) is 0.556. The van der Waals surface area contributed by atoms with Crippen molar-refractivity contribution in [2.24, 2.45) is 0 Å². The lowest BCUT2D eigenvalue weighted by atomic mass is 10.2. The lowest BCUT2D eigenvalue weighted by molar-refractivity contribution is -0.116. The number of unbranched alkanes of at least 4 members (excludes halogenated alkanes) is 1. The van der Waals surface area contributed by atoms with E-state index in [1.54, 1.807) is 5.38 Å². The van der Waals surface area contributed by atoms with Gasteiger partial charge in [-0.1, -0.05) is 6.42 Å². The van der Waals surface area contributed by atoms with Gasteiger partial charge in [-0.2, -0.15) is 0 Å². The predicted molar refractivity (Wildman–Crippen MR) is 77.1 cm³/mol. The fourth-order valence-electron chi connectivity index (χ4n) is 1.61. The van der Waals surface area contributed by atoms with Crippen LogP contribution >= 0.6 is 26.5 Å². The van der Waals surface area contributed by atoms with E-state index < -0.39 is 20.6 Å². The summed E-state index contributed by atoms with van der Waals surface area (Å²) in [6.45, 7) is 0. The van der Waals surface area contributed by atoms with E-state index in [9.17, 15) is 13.9 Å². The van der Waals surface area contributed by atoms with Crippen LogP contribution in [0.2, 0.25) is 0 Å². The van der Waals surface area contributed by atoms with Crippen molar-refractivity contribution in [2.45, 2.75) is 31.1 Å². The first kappa shape index (κ1) is 18.4. The number of carbonyl (C=O) groups excluding carboxylic acids is 1. The number of hydrogen-bond acceptors (Lipinski definition) is 5. The molecule has 0 radical (unpaired) electrons. The summed E-state index contributed by atoms with van der Waals surface area (Å²) in [5.41, 5.74) is 0. The van der Waals surface area contributed by atoms with Crippen molar-refractivity contribution >= 4 is 37.6 Å². The van der Waals surface area contributed by atoms with E-state index in [4.69, 9.17) is 19.6 Å². The third kappa shape index (κ3) is 6.80. The van der Waals surface area contributed by atoms with Gasteiger partial charge < -0.3 is 24.9 Å². The highest BCUT2D eigenvalue weighted by atomic mass is 32.1. The quantitative estimate of drug-likeness (QED) is 0.344. The summed E-state index contributed by atoms with van der Waals surface area (Å²) in [7, 11) is -9.76. The maximum atomic E-state index is 11.5. The number of rotatable bonds is 8. The monoisotopic (exact) mass is 358 g/mol. The second kappa shape index (κ2) is 7.60. The maximum absolute atomic E-state index is 11.5. The van der Waals surface area contributed by atoms with Gasteiger partial charge in [0, 0.05) is 18.0 Å². The van der Waals surface area contributed by atoms with Crippen molar-refractivity contribution in [2.75, 3.05) is 5.32 Å². The Morgan fingerprint density at radius 2 is 1.86 bits per heavy atom. The molecule has 0 atom stereocenters. The van der Waals surface area contributed by atoms with Crippen molar-refractivity contribution in [3.05, 3.63) is 11.6 Å². The summed E-state index contributed by atoms with van der Waals surface area (Å²) in [5.74, 6) is -0.311. The van der Waals surface area contributed by atoms with Crippen LogP contribution in [-0.2, 0) is 13.9 Å². The lowest BCUT2D eigenvalue weighted by Gasteiger charge is -2.19. The smallest absolute Gasteiger partial charge is 0.324 e. The van der Waals surface area contributed by atoms with Gasteiger partial charge in [-0.15, -0.1) is 11.3 Å². The van der Waals surface area contributed by atoms with Crippen molar-refractivity contribution in [1.29, 1.82) is 0 Å². The number of carbonyl (C=O) groups is 1. The molecular formula is C9H16N2O7P2S. The number of amides is 1. The van der Waals surface area contributed by atoms with Crippen molar-refractivity contribution in [3.63, 3.8) is 0 Å². The highest BCUT2D eigenvalue weighted by molar-refractivity contribution is 7.70. The molecule has 1 amide bonds. The minimum atomic E-state index is -4.88. The first-order valence-electron chi connectivity index (χ1n) is 5.90.